The molecule has 0 amide bonds. The molecular weight excluding hydrogens is 388 g/mol. The van der Waals surface area contributed by atoms with E-state index in [-0.39, 0.29) is 0 Å². The maximum atomic E-state index is 12.5. The molecule has 0 aliphatic heterocycles. The normalized spacial score (nSPS) is 10.8. The molecule has 0 aliphatic rings. The summed E-state index contributed by atoms with van der Waals surface area (Å²) >= 11 is 0. The quantitative estimate of drug-likeness (QED) is 0.165. The number of carbonyl (C=O) groups excluding carboxylic acids is 2. The van der Waals surface area contributed by atoms with E-state index in [4.69, 9.17) is 9.47 Å². The van der Waals surface area contributed by atoms with Crippen LogP contribution in [0.2, 0.25) is 0 Å². The second-order valence-corrected chi connectivity index (χ2v) is 8.41. The minimum Gasteiger partial charge on any atom is -0.462 e. The van der Waals surface area contributed by atoms with E-state index >= 15 is 0 Å². The standard InChI is InChI=1S/C27H44O4/c1-3-5-7-9-11-12-13-15-19-23-31-27(29)25-21-17-16-20-24(25)26(28)30-22-18-14-10-8-6-4-2/h16-17,20-21H,3-15,18-19,22-23H2,1-2H3. The van der Waals surface area contributed by atoms with E-state index < -0.39 is 11.9 Å². The summed E-state index contributed by atoms with van der Waals surface area (Å²) in [6, 6.07) is 6.77. The molecule has 0 radical (unpaired) electrons. The zero-order valence-electron chi connectivity index (χ0n) is 20.0. The van der Waals surface area contributed by atoms with Crippen molar-refractivity contribution < 1.29 is 19.1 Å². The second kappa shape index (κ2) is 18.9. The van der Waals surface area contributed by atoms with Crippen LogP contribution in [0.5, 0.6) is 0 Å². The number of ether oxygens (including phenoxy) is 2. The summed E-state index contributed by atoms with van der Waals surface area (Å²) < 4.78 is 10.8. The van der Waals surface area contributed by atoms with Gasteiger partial charge in [0.25, 0.3) is 0 Å². The minimum atomic E-state index is -0.441. The van der Waals surface area contributed by atoms with E-state index in [9.17, 15) is 9.59 Å². The molecule has 0 aromatic heterocycles. The zero-order chi connectivity index (χ0) is 22.6. The summed E-state index contributed by atoms with van der Waals surface area (Å²) in [7, 11) is 0. The molecule has 0 unspecified atom stereocenters. The lowest BCUT2D eigenvalue weighted by atomic mass is 10.1. The highest BCUT2D eigenvalue weighted by atomic mass is 16.5. The first-order valence-electron chi connectivity index (χ1n) is 12.6. The fourth-order valence-corrected chi connectivity index (χ4v) is 3.62. The monoisotopic (exact) mass is 432 g/mol. The van der Waals surface area contributed by atoms with Crippen molar-refractivity contribution in [1.82, 2.24) is 0 Å². The molecule has 4 heteroatoms. The first kappa shape index (κ1) is 27.2. The smallest absolute Gasteiger partial charge is 0.339 e. The Balaban J connectivity index is 2.25. The van der Waals surface area contributed by atoms with Gasteiger partial charge in [0.05, 0.1) is 24.3 Å². The van der Waals surface area contributed by atoms with Gasteiger partial charge in [0.1, 0.15) is 0 Å². The van der Waals surface area contributed by atoms with Crippen LogP contribution >= 0.6 is 0 Å². The fourth-order valence-electron chi connectivity index (χ4n) is 3.62. The molecule has 1 rings (SSSR count). The van der Waals surface area contributed by atoms with Crippen LogP contribution in [0.3, 0.4) is 0 Å². The average Bonchev–Trinajstić information content (AvgIpc) is 2.79. The topological polar surface area (TPSA) is 52.6 Å². The summed E-state index contributed by atoms with van der Waals surface area (Å²) in [6.45, 7) is 5.22. The van der Waals surface area contributed by atoms with Crippen LogP contribution in [0, 0.1) is 0 Å². The van der Waals surface area contributed by atoms with Crippen LogP contribution in [0.4, 0.5) is 0 Å². The first-order valence-corrected chi connectivity index (χ1v) is 12.6. The average molecular weight is 433 g/mol. The van der Waals surface area contributed by atoms with Crippen molar-refractivity contribution in [3.63, 3.8) is 0 Å². The van der Waals surface area contributed by atoms with Gasteiger partial charge >= 0.3 is 11.9 Å². The van der Waals surface area contributed by atoms with Crippen LogP contribution in [0.25, 0.3) is 0 Å². The van der Waals surface area contributed by atoms with Crippen LogP contribution < -0.4 is 0 Å². The number of benzene rings is 1. The molecule has 0 aliphatic carbocycles. The lowest BCUT2D eigenvalue weighted by Gasteiger charge is -2.10. The van der Waals surface area contributed by atoms with E-state index in [0.29, 0.717) is 24.3 Å². The summed E-state index contributed by atoms with van der Waals surface area (Å²) in [5, 5.41) is 0. The molecule has 0 bridgehead atoms. The fraction of sp³-hybridized carbons (Fsp3) is 0.704. The Labute approximate surface area is 190 Å². The third-order valence-corrected chi connectivity index (χ3v) is 5.58. The van der Waals surface area contributed by atoms with Gasteiger partial charge in [-0.3, -0.25) is 0 Å². The van der Waals surface area contributed by atoms with Crippen LogP contribution in [-0.4, -0.2) is 25.2 Å². The third-order valence-electron chi connectivity index (χ3n) is 5.58. The van der Waals surface area contributed by atoms with E-state index in [1.165, 1.54) is 70.6 Å². The van der Waals surface area contributed by atoms with E-state index in [1.807, 2.05) is 0 Å². The van der Waals surface area contributed by atoms with E-state index in [1.54, 1.807) is 24.3 Å². The highest BCUT2D eigenvalue weighted by molar-refractivity contribution is 6.03. The van der Waals surface area contributed by atoms with Gasteiger partial charge in [-0.05, 0) is 25.0 Å². The van der Waals surface area contributed by atoms with Crippen molar-refractivity contribution in [1.29, 1.82) is 0 Å². The zero-order valence-corrected chi connectivity index (χ0v) is 20.0. The van der Waals surface area contributed by atoms with Gasteiger partial charge in [0.15, 0.2) is 0 Å². The summed E-state index contributed by atoms with van der Waals surface area (Å²) in [5.41, 5.74) is 0.594. The minimum absolute atomic E-state index is 0.297. The Bertz CT molecular complexity index is 597. The number of hydrogen-bond donors (Lipinski definition) is 0. The Morgan fingerprint density at radius 1 is 0.548 bits per heavy atom. The highest BCUT2D eigenvalue weighted by Gasteiger charge is 2.18. The number of rotatable bonds is 19. The number of carbonyl (C=O) groups is 2. The SMILES string of the molecule is CCCCCCCCCCCOC(=O)c1ccccc1C(=O)OCCCCCCCC. The molecule has 0 spiro atoms. The second-order valence-electron chi connectivity index (χ2n) is 8.41. The predicted molar refractivity (Wildman–Crippen MR) is 128 cm³/mol. The van der Waals surface area contributed by atoms with Gasteiger partial charge in [-0.2, -0.15) is 0 Å². The van der Waals surface area contributed by atoms with Gasteiger partial charge < -0.3 is 9.47 Å². The molecule has 1 aromatic carbocycles. The van der Waals surface area contributed by atoms with Gasteiger partial charge in [-0.1, -0.05) is 109 Å². The highest BCUT2D eigenvalue weighted by Crippen LogP contribution is 2.14. The van der Waals surface area contributed by atoms with Crippen molar-refractivity contribution >= 4 is 11.9 Å². The third kappa shape index (κ3) is 13.2. The lowest BCUT2D eigenvalue weighted by Crippen LogP contribution is -2.15. The molecule has 1 aromatic rings. The predicted octanol–water partition coefficient (Wildman–Crippen LogP) is 7.89. The Hall–Kier alpha value is -1.84. The van der Waals surface area contributed by atoms with Gasteiger partial charge in [-0.25, -0.2) is 9.59 Å². The summed E-state index contributed by atoms with van der Waals surface area (Å²) in [5.74, 6) is -0.879. The molecule has 0 atom stereocenters. The van der Waals surface area contributed by atoms with Gasteiger partial charge in [-0.15, -0.1) is 0 Å². The molecule has 4 nitrogen and oxygen atoms in total. The van der Waals surface area contributed by atoms with Crippen LogP contribution in [0.1, 0.15) is 131 Å². The van der Waals surface area contributed by atoms with E-state index in [2.05, 4.69) is 13.8 Å². The maximum absolute atomic E-state index is 12.5. The largest absolute Gasteiger partial charge is 0.462 e. The Morgan fingerprint density at radius 2 is 0.871 bits per heavy atom. The van der Waals surface area contributed by atoms with Gasteiger partial charge in [0, 0.05) is 0 Å². The van der Waals surface area contributed by atoms with Crippen molar-refractivity contribution in [2.24, 2.45) is 0 Å². The molecule has 0 N–H and O–H groups in total. The van der Waals surface area contributed by atoms with Crippen LogP contribution in [-0.2, 0) is 9.47 Å². The molecule has 0 heterocycles. The van der Waals surface area contributed by atoms with Crippen molar-refractivity contribution in [2.45, 2.75) is 110 Å². The van der Waals surface area contributed by atoms with Crippen LogP contribution in [0.15, 0.2) is 24.3 Å². The Kier molecular flexibility index (Phi) is 16.6. The number of unbranched alkanes of at least 4 members (excludes halogenated alkanes) is 13. The molecular formula is C27H44O4. The molecule has 0 saturated heterocycles. The first-order chi connectivity index (χ1) is 15.2. The molecule has 0 fully saturated rings. The van der Waals surface area contributed by atoms with Gasteiger partial charge in [0.2, 0.25) is 0 Å². The molecule has 176 valence electrons. The maximum Gasteiger partial charge on any atom is 0.339 e. The summed E-state index contributed by atoms with van der Waals surface area (Å²) in [6.07, 6.45) is 17.8. The molecule has 31 heavy (non-hydrogen) atoms. The molecule has 0 saturated carbocycles. The summed E-state index contributed by atoms with van der Waals surface area (Å²) in [4.78, 5) is 24.9. The number of esters is 2. The van der Waals surface area contributed by atoms with Crippen molar-refractivity contribution in [3.8, 4) is 0 Å². The number of hydrogen-bond acceptors (Lipinski definition) is 4. The van der Waals surface area contributed by atoms with Crippen molar-refractivity contribution in [2.75, 3.05) is 13.2 Å². The van der Waals surface area contributed by atoms with E-state index in [0.717, 1.165) is 25.7 Å². The Morgan fingerprint density at radius 3 is 1.23 bits per heavy atom. The lowest BCUT2D eigenvalue weighted by molar-refractivity contribution is 0.0450. The van der Waals surface area contributed by atoms with Crippen molar-refractivity contribution in [3.05, 3.63) is 35.4 Å².